The van der Waals surface area contributed by atoms with Crippen LogP contribution in [0.4, 0.5) is 0 Å². The number of β-amino-alcohol motifs (C(OH)–C–C–N with tert-alkyl or cyclic N) is 1. The van der Waals surface area contributed by atoms with Crippen molar-refractivity contribution in [3.63, 3.8) is 0 Å². The Morgan fingerprint density at radius 1 is 1.43 bits per heavy atom. The molecule has 0 aromatic rings. The molecule has 1 rings (SSSR count). The minimum Gasteiger partial charge on any atom is -0.389 e. The molecule has 0 saturated carbocycles. The highest BCUT2D eigenvalue weighted by molar-refractivity contribution is 4.86. The van der Waals surface area contributed by atoms with Gasteiger partial charge in [0, 0.05) is 25.7 Å². The van der Waals surface area contributed by atoms with Gasteiger partial charge in [0.1, 0.15) is 0 Å². The zero-order valence-corrected chi connectivity index (χ0v) is 9.57. The lowest BCUT2D eigenvalue weighted by Crippen LogP contribution is -2.29. The average Bonchev–Trinajstić information content (AvgIpc) is 2.49. The highest BCUT2D eigenvalue weighted by Gasteiger charge is 2.32. The topological polar surface area (TPSA) is 32.7 Å². The molecule has 0 radical (unpaired) electrons. The normalized spacial score (nSPS) is 28.9. The van der Waals surface area contributed by atoms with E-state index in [-0.39, 0.29) is 12.2 Å². The van der Waals surface area contributed by atoms with Crippen LogP contribution in [0.5, 0.6) is 0 Å². The summed E-state index contributed by atoms with van der Waals surface area (Å²) < 4.78 is 5.64. The summed E-state index contributed by atoms with van der Waals surface area (Å²) in [6.45, 7) is 8.87. The van der Waals surface area contributed by atoms with Crippen molar-refractivity contribution in [1.82, 2.24) is 4.90 Å². The van der Waals surface area contributed by atoms with E-state index in [1.165, 1.54) is 0 Å². The Labute approximate surface area is 87.1 Å². The van der Waals surface area contributed by atoms with Crippen molar-refractivity contribution >= 4 is 0 Å². The van der Waals surface area contributed by atoms with Gasteiger partial charge in [-0.2, -0.15) is 0 Å². The lowest BCUT2D eigenvalue weighted by molar-refractivity contribution is -0.00947. The first-order chi connectivity index (χ1) is 6.65. The number of hydrogen-bond donors (Lipinski definition) is 1. The lowest BCUT2D eigenvalue weighted by atomic mass is 10.2. The Balaban J connectivity index is 2.26. The SMILES string of the molecule is CCCCOC1CN(C(C)C)CC1O. The summed E-state index contributed by atoms with van der Waals surface area (Å²) in [6, 6.07) is 0.504. The Morgan fingerprint density at radius 2 is 2.14 bits per heavy atom. The second-order valence-electron chi connectivity index (χ2n) is 4.38. The maximum atomic E-state index is 9.74. The average molecular weight is 201 g/mol. The first kappa shape index (κ1) is 12.0. The first-order valence-corrected chi connectivity index (χ1v) is 5.68. The molecule has 1 aliphatic heterocycles. The fourth-order valence-electron chi connectivity index (χ4n) is 1.75. The Kier molecular flexibility index (Phi) is 4.85. The van der Waals surface area contributed by atoms with Crippen LogP contribution in [0.1, 0.15) is 33.6 Å². The van der Waals surface area contributed by atoms with Crippen molar-refractivity contribution in [3.8, 4) is 0 Å². The van der Waals surface area contributed by atoms with E-state index in [1.54, 1.807) is 0 Å². The maximum Gasteiger partial charge on any atom is 0.0973 e. The molecule has 84 valence electrons. The van der Waals surface area contributed by atoms with Crippen LogP contribution >= 0.6 is 0 Å². The number of rotatable bonds is 5. The third kappa shape index (κ3) is 3.23. The van der Waals surface area contributed by atoms with E-state index >= 15 is 0 Å². The number of aliphatic hydroxyl groups is 1. The predicted molar refractivity (Wildman–Crippen MR) is 57.4 cm³/mol. The summed E-state index contributed by atoms with van der Waals surface area (Å²) in [7, 11) is 0. The first-order valence-electron chi connectivity index (χ1n) is 5.68. The minimum absolute atomic E-state index is 0.0314. The Hall–Kier alpha value is -0.120. The van der Waals surface area contributed by atoms with Crippen LogP contribution in [0.2, 0.25) is 0 Å². The van der Waals surface area contributed by atoms with Crippen LogP contribution in [0, 0.1) is 0 Å². The molecule has 2 atom stereocenters. The Morgan fingerprint density at radius 3 is 2.64 bits per heavy atom. The van der Waals surface area contributed by atoms with Gasteiger partial charge in [-0.1, -0.05) is 13.3 Å². The predicted octanol–water partition coefficient (Wildman–Crippen LogP) is 1.26. The van der Waals surface area contributed by atoms with Gasteiger partial charge in [-0.15, -0.1) is 0 Å². The molecule has 1 aliphatic rings. The van der Waals surface area contributed by atoms with Crippen molar-refractivity contribution in [1.29, 1.82) is 0 Å². The van der Waals surface area contributed by atoms with Crippen molar-refractivity contribution in [2.45, 2.75) is 51.9 Å². The fraction of sp³-hybridized carbons (Fsp3) is 1.00. The molecular weight excluding hydrogens is 178 g/mol. The second kappa shape index (κ2) is 5.69. The van der Waals surface area contributed by atoms with Gasteiger partial charge in [-0.05, 0) is 20.3 Å². The van der Waals surface area contributed by atoms with E-state index < -0.39 is 0 Å². The van der Waals surface area contributed by atoms with Gasteiger partial charge in [0.2, 0.25) is 0 Å². The van der Waals surface area contributed by atoms with Crippen molar-refractivity contribution in [2.75, 3.05) is 19.7 Å². The molecular formula is C11H23NO2. The van der Waals surface area contributed by atoms with Gasteiger partial charge >= 0.3 is 0 Å². The zero-order valence-electron chi connectivity index (χ0n) is 9.57. The molecule has 1 N–H and O–H groups in total. The summed E-state index contributed by atoms with van der Waals surface area (Å²) in [5, 5.41) is 9.74. The zero-order chi connectivity index (χ0) is 10.6. The highest BCUT2D eigenvalue weighted by Crippen LogP contribution is 2.16. The van der Waals surface area contributed by atoms with E-state index in [2.05, 4.69) is 25.7 Å². The van der Waals surface area contributed by atoms with Crippen molar-refractivity contribution < 1.29 is 9.84 Å². The third-order valence-corrected chi connectivity index (χ3v) is 2.83. The quantitative estimate of drug-likeness (QED) is 0.680. The molecule has 0 aromatic carbocycles. The second-order valence-corrected chi connectivity index (χ2v) is 4.38. The minimum atomic E-state index is -0.297. The number of unbranched alkanes of at least 4 members (excludes halogenated alkanes) is 1. The summed E-state index contributed by atoms with van der Waals surface area (Å²) >= 11 is 0. The van der Waals surface area contributed by atoms with Gasteiger partial charge in [0.15, 0.2) is 0 Å². The smallest absolute Gasteiger partial charge is 0.0973 e. The number of ether oxygens (including phenoxy) is 1. The number of aliphatic hydroxyl groups excluding tert-OH is 1. The molecule has 2 unspecified atom stereocenters. The van der Waals surface area contributed by atoms with Crippen LogP contribution < -0.4 is 0 Å². The molecule has 1 fully saturated rings. The number of hydrogen-bond acceptors (Lipinski definition) is 3. The van der Waals surface area contributed by atoms with Crippen LogP contribution in [-0.2, 0) is 4.74 Å². The van der Waals surface area contributed by atoms with Crippen LogP contribution in [0.15, 0.2) is 0 Å². The molecule has 0 bridgehead atoms. The Bertz CT molecular complexity index is 161. The van der Waals surface area contributed by atoms with Gasteiger partial charge in [0.05, 0.1) is 12.2 Å². The molecule has 14 heavy (non-hydrogen) atoms. The van der Waals surface area contributed by atoms with Crippen LogP contribution in [0.25, 0.3) is 0 Å². The van der Waals surface area contributed by atoms with Crippen LogP contribution in [-0.4, -0.2) is 48.0 Å². The molecule has 0 aliphatic carbocycles. The van der Waals surface area contributed by atoms with E-state index in [0.717, 1.165) is 32.5 Å². The molecule has 3 heteroatoms. The van der Waals surface area contributed by atoms with Gasteiger partial charge in [-0.25, -0.2) is 0 Å². The monoisotopic (exact) mass is 201 g/mol. The number of likely N-dealkylation sites (tertiary alicyclic amines) is 1. The highest BCUT2D eigenvalue weighted by atomic mass is 16.5. The van der Waals surface area contributed by atoms with Gasteiger partial charge < -0.3 is 9.84 Å². The molecule has 0 aromatic heterocycles. The third-order valence-electron chi connectivity index (χ3n) is 2.83. The summed E-state index contributed by atoms with van der Waals surface area (Å²) in [5.74, 6) is 0. The summed E-state index contributed by atoms with van der Waals surface area (Å²) in [4.78, 5) is 2.27. The molecule has 1 saturated heterocycles. The van der Waals surface area contributed by atoms with Crippen molar-refractivity contribution in [3.05, 3.63) is 0 Å². The number of nitrogens with zero attached hydrogens (tertiary/aromatic N) is 1. The fourth-order valence-corrected chi connectivity index (χ4v) is 1.75. The summed E-state index contributed by atoms with van der Waals surface area (Å²) in [6.07, 6.45) is 1.97. The largest absolute Gasteiger partial charge is 0.389 e. The lowest BCUT2D eigenvalue weighted by Gasteiger charge is -2.19. The molecule has 0 amide bonds. The maximum absolute atomic E-state index is 9.74. The van der Waals surface area contributed by atoms with E-state index in [4.69, 9.17) is 4.74 Å². The standard InChI is InChI=1S/C11H23NO2/c1-4-5-6-14-11-8-12(9(2)3)7-10(11)13/h9-11,13H,4-8H2,1-3H3. The summed E-state index contributed by atoms with van der Waals surface area (Å²) in [5.41, 5.74) is 0. The van der Waals surface area contributed by atoms with E-state index in [0.29, 0.717) is 6.04 Å². The van der Waals surface area contributed by atoms with E-state index in [9.17, 15) is 5.11 Å². The van der Waals surface area contributed by atoms with E-state index in [1.807, 2.05) is 0 Å². The van der Waals surface area contributed by atoms with Crippen molar-refractivity contribution in [2.24, 2.45) is 0 Å². The van der Waals surface area contributed by atoms with Gasteiger partial charge in [0.25, 0.3) is 0 Å². The molecule has 1 heterocycles. The van der Waals surface area contributed by atoms with Crippen LogP contribution in [0.3, 0.4) is 0 Å². The molecule has 3 nitrogen and oxygen atoms in total. The molecule has 0 spiro atoms. The van der Waals surface area contributed by atoms with Gasteiger partial charge in [-0.3, -0.25) is 4.90 Å².